The first-order valence-electron chi connectivity index (χ1n) is 13.8. The Morgan fingerprint density at radius 1 is 0.861 bits per heavy atom. The van der Waals surface area contributed by atoms with E-state index in [1.54, 1.807) is 0 Å². The van der Waals surface area contributed by atoms with Crippen molar-refractivity contribution in [3.8, 4) is 0 Å². The molecule has 8 unspecified atom stereocenters. The Morgan fingerprint density at radius 2 is 1.50 bits per heavy atom. The highest BCUT2D eigenvalue weighted by Crippen LogP contribution is 2.78. The maximum atomic E-state index is 14.5. The molecule has 6 rings (SSSR count). The van der Waals surface area contributed by atoms with E-state index in [0.717, 1.165) is 44.1 Å². The number of carbonyl (C=O) groups is 3. The van der Waals surface area contributed by atoms with Crippen molar-refractivity contribution >= 4 is 49.4 Å². The van der Waals surface area contributed by atoms with E-state index in [2.05, 4.69) is 80.3 Å². The zero-order valence-corrected chi connectivity index (χ0v) is 25.9. The van der Waals surface area contributed by atoms with Crippen molar-refractivity contribution in [3.05, 3.63) is 11.6 Å². The molecule has 198 valence electrons. The van der Waals surface area contributed by atoms with Crippen LogP contribution in [0.15, 0.2) is 11.6 Å². The molecular formula is C30H40Br2O4. The number of Topliss-reactive ketones (excluding diaryl/α,β-unsaturated/α-hetero) is 1. The van der Waals surface area contributed by atoms with Gasteiger partial charge in [-0.15, -0.1) is 0 Å². The minimum absolute atomic E-state index is 0.0809. The van der Waals surface area contributed by atoms with E-state index in [4.69, 9.17) is 4.74 Å². The third-order valence-corrected chi connectivity index (χ3v) is 14.4. The molecule has 0 radical (unpaired) electrons. The molecule has 5 fully saturated rings. The number of fused-ring (bicyclic) bond motifs is 6. The molecule has 1 aliphatic heterocycles. The van der Waals surface area contributed by atoms with Crippen LogP contribution in [0.25, 0.3) is 0 Å². The lowest BCUT2D eigenvalue weighted by atomic mass is 9.33. The minimum Gasteiger partial charge on any atom is -0.453 e. The van der Waals surface area contributed by atoms with E-state index in [1.807, 2.05) is 6.08 Å². The Labute approximate surface area is 232 Å². The maximum Gasteiger partial charge on any atom is 0.312 e. The Morgan fingerprint density at radius 3 is 2.17 bits per heavy atom. The second kappa shape index (κ2) is 6.80. The number of allylic oxidation sites excluding steroid dienone is 1. The van der Waals surface area contributed by atoms with E-state index in [9.17, 15) is 14.4 Å². The normalized spacial score (nSPS) is 54.5. The Balaban J connectivity index is 1.55. The molecule has 0 aromatic rings. The van der Waals surface area contributed by atoms with Gasteiger partial charge in [-0.25, -0.2) is 0 Å². The predicted octanol–water partition coefficient (Wildman–Crippen LogP) is 7.31. The summed E-state index contributed by atoms with van der Waals surface area (Å²) in [5.41, 5.74) is -1.56. The molecule has 1 heterocycles. The topological polar surface area (TPSA) is 60.4 Å². The lowest BCUT2D eigenvalue weighted by Crippen LogP contribution is -2.70. The molecule has 6 heteroatoms. The number of esters is 1. The third kappa shape index (κ3) is 2.61. The van der Waals surface area contributed by atoms with Crippen LogP contribution in [0, 0.1) is 44.3 Å². The van der Waals surface area contributed by atoms with E-state index in [-0.39, 0.29) is 51.0 Å². The summed E-state index contributed by atoms with van der Waals surface area (Å²) < 4.78 is 5.66. The summed E-state index contributed by atoms with van der Waals surface area (Å²) in [6.07, 6.45) is 8.89. The molecule has 4 saturated carbocycles. The van der Waals surface area contributed by atoms with Gasteiger partial charge in [0.15, 0.2) is 11.6 Å². The molecule has 1 saturated heterocycles. The number of carbonyl (C=O) groups excluding carboxylic acids is 3. The monoisotopic (exact) mass is 622 g/mol. The SMILES string of the molecule is CC12CCC3(C)CCC4(C)C(=CC(=O)C5C6(C)CC(Br)(Br)C(=O)C(C)(C)C6CCC54C)C3(C1)OC2=O. The zero-order valence-electron chi connectivity index (χ0n) is 22.8. The second-order valence-electron chi connectivity index (χ2n) is 15.2. The van der Waals surface area contributed by atoms with Gasteiger partial charge in [0.05, 0.1) is 5.41 Å². The summed E-state index contributed by atoms with van der Waals surface area (Å²) >= 11 is 7.48. The summed E-state index contributed by atoms with van der Waals surface area (Å²) in [6, 6.07) is 0. The molecule has 0 N–H and O–H groups in total. The van der Waals surface area contributed by atoms with Crippen LogP contribution < -0.4 is 0 Å². The highest BCUT2D eigenvalue weighted by molar-refractivity contribution is 9.25. The van der Waals surface area contributed by atoms with Crippen molar-refractivity contribution < 1.29 is 19.1 Å². The molecule has 0 aromatic heterocycles. The summed E-state index contributed by atoms with van der Waals surface area (Å²) in [4.78, 5) is 41.2. The largest absolute Gasteiger partial charge is 0.453 e. The molecule has 2 bridgehead atoms. The fraction of sp³-hybridized carbons (Fsp3) is 0.833. The molecule has 36 heavy (non-hydrogen) atoms. The molecule has 0 amide bonds. The van der Waals surface area contributed by atoms with E-state index < -0.39 is 19.7 Å². The van der Waals surface area contributed by atoms with E-state index in [0.29, 0.717) is 12.8 Å². The lowest BCUT2D eigenvalue weighted by molar-refractivity contribution is -0.200. The molecule has 6 aliphatic rings. The van der Waals surface area contributed by atoms with E-state index in [1.165, 1.54) is 0 Å². The maximum absolute atomic E-state index is 14.5. The highest BCUT2D eigenvalue weighted by atomic mass is 79.9. The molecule has 0 aromatic carbocycles. The Bertz CT molecular complexity index is 1160. The van der Waals surface area contributed by atoms with Gasteiger partial charge < -0.3 is 4.74 Å². The number of halogens is 2. The molecule has 5 aliphatic carbocycles. The number of rotatable bonds is 0. The van der Waals surface area contributed by atoms with Crippen molar-refractivity contribution in [3.63, 3.8) is 0 Å². The van der Waals surface area contributed by atoms with Crippen molar-refractivity contribution in [2.24, 2.45) is 44.3 Å². The number of ketones is 2. The van der Waals surface area contributed by atoms with Crippen molar-refractivity contribution in [2.75, 3.05) is 0 Å². The summed E-state index contributed by atoms with van der Waals surface area (Å²) in [6.45, 7) is 15.5. The quantitative estimate of drug-likeness (QED) is 0.210. The first-order chi connectivity index (χ1) is 16.3. The Kier molecular flexibility index (Phi) is 4.87. The van der Waals surface area contributed by atoms with Gasteiger partial charge in [-0.1, -0.05) is 73.4 Å². The predicted molar refractivity (Wildman–Crippen MR) is 146 cm³/mol. The van der Waals surface area contributed by atoms with Crippen LogP contribution in [0.2, 0.25) is 0 Å². The molecule has 4 nitrogen and oxygen atoms in total. The summed E-state index contributed by atoms with van der Waals surface area (Å²) in [5.74, 6) is 0.218. The summed E-state index contributed by atoms with van der Waals surface area (Å²) in [7, 11) is 0. The van der Waals surface area contributed by atoms with Crippen LogP contribution >= 0.6 is 31.9 Å². The van der Waals surface area contributed by atoms with Gasteiger partial charge >= 0.3 is 5.97 Å². The van der Waals surface area contributed by atoms with Gasteiger partial charge in [0.25, 0.3) is 0 Å². The molecule has 1 spiro atoms. The standard InChI is InChI=1S/C30H40Br2O4/c1-23(2)18-8-9-28(7)20(26(18,5)16-30(31,32)21(23)34)17(33)14-19-27(28,6)13-12-25(4)11-10-24(3)15-29(19,25)36-22(24)35/h14,18,20H,8-13,15-16H2,1-7H3. The van der Waals surface area contributed by atoms with Crippen LogP contribution in [-0.2, 0) is 19.1 Å². The average molecular weight is 624 g/mol. The van der Waals surface area contributed by atoms with Gasteiger partial charge in [0, 0.05) is 23.2 Å². The van der Waals surface area contributed by atoms with Crippen molar-refractivity contribution in [1.29, 1.82) is 0 Å². The third-order valence-electron chi connectivity index (χ3n) is 13.1. The average Bonchev–Trinajstić information content (AvgIpc) is 2.98. The summed E-state index contributed by atoms with van der Waals surface area (Å²) in [5, 5.41) is 0. The van der Waals surface area contributed by atoms with Crippen LogP contribution in [0.5, 0.6) is 0 Å². The van der Waals surface area contributed by atoms with Gasteiger partial charge in [0.2, 0.25) is 0 Å². The van der Waals surface area contributed by atoms with Crippen LogP contribution in [0.3, 0.4) is 0 Å². The van der Waals surface area contributed by atoms with Crippen molar-refractivity contribution in [2.45, 2.75) is 109 Å². The Hall–Kier alpha value is -0.490. The van der Waals surface area contributed by atoms with E-state index >= 15 is 0 Å². The second-order valence-corrected chi connectivity index (χ2v) is 19.0. The highest BCUT2D eigenvalue weighted by Gasteiger charge is 2.77. The smallest absolute Gasteiger partial charge is 0.312 e. The number of hydrogen-bond acceptors (Lipinski definition) is 4. The van der Waals surface area contributed by atoms with Gasteiger partial charge in [0.1, 0.15) is 8.83 Å². The minimum atomic E-state index is -0.825. The number of hydrogen-bond donors (Lipinski definition) is 0. The van der Waals surface area contributed by atoms with Crippen LogP contribution in [0.4, 0.5) is 0 Å². The van der Waals surface area contributed by atoms with Gasteiger partial charge in [-0.05, 0) is 85.7 Å². The number of alkyl halides is 2. The van der Waals surface area contributed by atoms with Crippen LogP contribution in [-0.4, -0.2) is 26.4 Å². The fourth-order valence-corrected chi connectivity index (χ4v) is 13.1. The van der Waals surface area contributed by atoms with Gasteiger partial charge in [-0.2, -0.15) is 0 Å². The zero-order chi connectivity index (χ0) is 26.5. The fourth-order valence-electron chi connectivity index (χ4n) is 10.9. The van der Waals surface area contributed by atoms with Crippen LogP contribution in [0.1, 0.15) is 99.8 Å². The lowest BCUT2D eigenvalue weighted by Gasteiger charge is -2.71. The molecular weight excluding hydrogens is 584 g/mol. The van der Waals surface area contributed by atoms with Crippen molar-refractivity contribution in [1.82, 2.24) is 0 Å². The molecule has 8 atom stereocenters. The first-order valence-corrected chi connectivity index (χ1v) is 15.3. The number of ether oxygens (including phenoxy) is 1. The van der Waals surface area contributed by atoms with Gasteiger partial charge in [-0.3, -0.25) is 14.4 Å². The first kappa shape index (κ1) is 25.8.